The second-order valence-electron chi connectivity index (χ2n) is 5.65. The van der Waals surface area contributed by atoms with E-state index < -0.39 is 0 Å². The minimum absolute atomic E-state index is 0.0457. The topological polar surface area (TPSA) is 96.7 Å². The van der Waals surface area contributed by atoms with Crippen LogP contribution in [0.1, 0.15) is 40.0 Å². The van der Waals surface area contributed by atoms with Crippen LogP contribution < -0.4 is 11.1 Å². The van der Waals surface area contributed by atoms with E-state index in [9.17, 15) is 4.79 Å². The summed E-state index contributed by atoms with van der Waals surface area (Å²) in [6.45, 7) is 6.35. The van der Waals surface area contributed by atoms with Crippen LogP contribution in [0.3, 0.4) is 0 Å². The number of nitrogens with one attached hydrogen (secondary N) is 2. The first kappa shape index (κ1) is 15.2. The highest BCUT2D eigenvalue weighted by Crippen LogP contribution is 2.30. The fourth-order valence-corrected chi connectivity index (χ4v) is 3.35. The SMILES string of the molecule is C[C@@H]1[C@@H](C)CCC[C@H]1NC(=O)[C@@H](C)Sc1n[nH]c(N)n1. The first-order valence-electron chi connectivity index (χ1n) is 7.12. The summed E-state index contributed by atoms with van der Waals surface area (Å²) >= 11 is 1.32. The summed E-state index contributed by atoms with van der Waals surface area (Å²) in [4.78, 5) is 16.2. The predicted octanol–water partition coefficient (Wildman–Crippen LogP) is 1.81. The molecule has 0 saturated heterocycles. The van der Waals surface area contributed by atoms with Gasteiger partial charge in [0.15, 0.2) is 0 Å². The van der Waals surface area contributed by atoms with Crippen molar-refractivity contribution in [3.63, 3.8) is 0 Å². The molecule has 1 aromatic heterocycles. The third-order valence-electron chi connectivity index (χ3n) is 4.17. The van der Waals surface area contributed by atoms with Crippen molar-refractivity contribution in [1.82, 2.24) is 20.5 Å². The van der Waals surface area contributed by atoms with Gasteiger partial charge in [-0.15, -0.1) is 5.10 Å². The number of carbonyl (C=O) groups excluding carboxylic acids is 1. The number of amides is 1. The highest BCUT2D eigenvalue weighted by Gasteiger charge is 2.29. The number of H-pyrrole nitrogens is 1. The lowest BCUT2D eigenvalue weighted by Crippen LogP contribution is -2.46. The molecular formula is C13H23N5OS. The summed E-state index contributed by atoms with van der Waals surface area (Å²) in [6, 6.07) is 0.284. The van der Waals surface area contributed by atoms with Crippen molar-refractivity contribution in [2.45, 2.75) is 56.5 Å². The highest BCUT2D eigenvalue weighted by molar-refractivity contribution is 8.00. The maximum absolute atomic E-state index is 12.2. The molecule has 0 bridgehead atoms. The lowest BCUT2D eigenvalue weighted by atomic mass is 9.78. The van der Waals surface area contributed by atoms with Gasteiger partial charge < -0.3 is 11.1 Å². The minimum atomic E-state index is -0.227. The molecule has 7 heteroatoms. The molecule has 0 radical (unpaired) electrons. The largest absolute Gasteiger partial charge is 0.368 e. The Hall–Kier alpha value is -1.24. The number of aromatic amines is 1. The quantitative estimate of drug-likeness (QED) is 0.736. The van der Waals surface area contributed by atoms with E-state index >= 15 is 0 Å². The summed E-state index contributed by atoms with van der Waals surface area (Å²) in [7, 11) is 0. The van der Waals surface area contributed by atoms with Gasteiger partial charge in [0.25, 0.3) is 0 Å². The number of nitrogen functional groups attached to an aromatic ring is 1. The molecule has 4 atom stereocenters. The molecule has 6 nitrogen and oxygen atoms in total. The van der Waals surface area contributed by atoms with Crippen LogP contribution in [0.5, 0.6) is 0 Å². The van der Waals surface area contributed by atoms with Gasteiger partial charge in [0.1, 0.15) is 0 Å². The number of hydrogen-bond acceptors (Lipinski definition) is 5. The average molecular weight is 297 g/mol. The van der Waals surface area contributed by atoms with Crippen LogP contribution in [0.2, 0.25) is 0 Å². The van der Waals surface area contributed by atoms with Gasteiger partial charge in [0.2, 0.25) is 17.0 Å². The van der Waals surface area contributed by atoms with Crippen LogP contribution in [-0.4, -0.2) is 32.4 Å². The normalized spacial score (nSPS) is 28.1. The number of carbonyl (C=O) groups is 1. The van der Waals surface area contributed by atoms with E-state index in [1.807, 2.05) is 6.92 Å². The molecule has 2 rings (SSSR count). The fourth-order valence-electron chi connectivity index (χ4n) is 2.61. The summed E-state index contributed by atoms with van der Waals surface area (Å²) in [6.07, 6.45) is 3.52. The number of anilines is 1. The first-order chi connectivity index (χ1) is 9.47. The molecule has 4 N–H and O–H groups in total. The lowest BCUT2D eigenvalue weighted by molar-refractivity contribution is -0.121. The summed E-state index contributed by atoms with van der Waals surface area (Å²) < 4.78 is 0. The Balaban J connectivity index is 1.87. The Kier molecular flexibility index (Phi) is 4.91. The fraction of sp³-hybridized carbons (Fsp3) is 0.769. The third-order valence-corrected chi connectivity index (χ3v) is 5.13. The van der Waals surface area contributed by atoms with Crippen molar-refractivity contribution in [2.75, 3.05) is 5.73 Å². The van der Waals surface area contributed by atoms with Crippen molar-refractivity contribution >= 4 is 23.6 Å². The van der Waals surface area contributed by atoms with Gasteiger partial charge in [-0.3, -0.25) is 4.79 Å². The van der Waals surface area contributed by atoms with Crippen LogP contribution in [0.25, 0.3) is 0 Å². The van der Waals surface area contributed by atoms with Gasteiger partial charge >= 0.3 is 0 Å². The van der Waals surface area contributed by atoms with Gasteiger partial charge in [-0.2, -0.15) is 4.98 Å². The van der Waals surface area contributed by atoms with Crippen LogP contribution in [0.15, 0.2) is 5.16 Å². The molecule has 0 aliphatic heterocycles. The van der Waals surface area contributed by atoms with Crippen LogP contribution in [-0.2, 0) is 4.79 Å². The smallest absolute Gasteiger partial charge is 0.233 e. The zero-order valence-electron chi connectivity index (χ0n) is 12.2. The molecule has 1 aromatic rings. The monoisotopic (exact) mass is 297 g/mol. The molecule has 20 heavy (non-hydrogen) atoms. The molecule has 0 aromatic carbocycles. The zero-order valence-corrected chi connectivity index (χ0v) is 13.0. The number of nitrogens with zero attached hydrogens (tertiary/aromatic N) is 2. The molecule has 112 valence electrons. The van der Waals surface area contributed by atoms with Gasteiger partial charge in [-0.1, -0.05) is 38.5 Å². The molecule has 1 aliphatic carbocycles. The van der Waals surface area contributed by atoms with E-state index in [0.29, 0.717) is 17.0 Å². The van der Waals surface area contributed by atoms with Gasteiger partial charge in [0.05, 0.1) is 5.25 Å². The number of nitrogens with two attached hydrogens (primary N) is 1. The zero-order chi connectivity index (χ0) is 14.7. The van der Waals surface area contributed by atoms with Crippen LogP contribution in [0, 0.1) is 11.8 Å². The third kappa shape index (κ3) is 3.65. The Morgan fingerprint density at radius 2 is 2.25 bits per heavy atom. The molecular weight excluding hydrogens is 274 g/mol. The molecule has 0 unspecified atom stereocenters. The van der Waals surface area contributed by atoms with Crippen molar-refractivity contribution in [1.29, 1.82) is 0 Å². The highest BCUT2D eigenvalue weighted by atomic mass is 32.2. The Labute approximate surface area is 123 Å². The first-order valence-corrected chi connectivity index (χ1v) is 8.00. The molecule has 0 spiro atoms. The Morgan fingerprint density at radius 3 is 2.90 bits per heavy atom. The van der Waals surface area contributed by atoms with Crippen molar-refractivity contribution in [3.05, 3.63) is 0 Å². The Morgan fingerprint density at radius 1 is 1.50 bits per heavy atom. The standard InChI is InChI=1S/C13H23N5OS/c1-7-5-4-6-10(8(7)2)15-11(19)9(3)20-13-16-12(14)17-18-13/h7-10H,4-6H2,1-3H3,(H,15,19)(H3,14,16,17,18)/t7-,8+,9+,10+/m0/s1. The van der Waals surface area contributed by atoms with Crippen molar-refractivity contribution in [3.8, 4) is 0 Å². The molecule has 1 heterocycles. The van der Waals surface area contributed by atoms with Crippen LogP contribution in [0.4, 0.5) is 5.95 Å². The Bertz CT molecular complexity index is 463. The van der Waals surface area contributed by atoms with Crippen molar-refractivity contribution in [2.24, 2.45) is 11.8 Å². The maximum Gasteiger partial charge on any atom is 0.233 e. The summed E-state index contributed by atoms with van der Waals surface area (Å²) in [5.41, 5.74) is 5.47. The van der Waals surface area contributed by atoms with E-state index in [0.717, 1.165) is 6.42 Å². The lowest BCUT2D eigenvalue weighted by Gasteiger charge is -2.35. The van der Waals surface area contributed by atoms with Gasteiger partial charge in [-0.25, -0.2) is 5.10 Å². The molecule has 1 fully saturated rings. The van der Waals surface area contributed by atoms with E-state index in [-0.39, 0.29) is 23.1 Å². The second kappa shape index (κ2) is 6.47. The summed E-state index contributed by atoms with van der Waals surface area (Å²) in [5.74, 6) is 1.52. The number of aromatic nitrogens is 3. The average Bonchev–Trinajstić information content (AvgIpc) is 2.80. The number of rotatable bonds is 4. The van der Waals surface area contributed by atoms with Crippen LogP contribution >= 0.6 is 11.8 Å². The van der Waals surface area contributed by atoms with E-state index in [2.05, 4.69) is 34.3 Å². The number of thioether (sulfide) groups is 1. The molecule has 1 amide bonds. The van der Waals surface area contributed by atoms with Gasteiger partial charge in [-0.05, 0) is 25.2 Å². The van der Waals surface area contributed by atoms with E-state index in [1.54, 1.807) is 0 Å². The van der Waals surface area contributed by atoms with E-state index in [4.69, 9.17) is 5.73 Å². The molecule has 1 aliphatic rings. The van der Waals surface area contributed by atoms with E-state index in [1.165, 1.54) is 24.6 Å². The molecule has 1 saturated carbocycles. The summed E-state index contributed by atoms with van der Waals surface area (Å²) in [5, 5.41) is 9.96. The van der Waals surface area contributed by atoms with Gasteiger partial charge in [0, 0.05) is 6.04 Å². The second-order valence-corrected chi connectivity index (χ2v) is 6.95. The maximum atomic E-state index is 12.2. The van der Waals surface area contributed by atoms with Crippen molar-refractivity contribution < 1.29 is 4.79 Å². The minimum Gasteiger partial charge on any atom is -0.368 e. The number of hydrogen-bond donors (Lipinski definition) is 3. The predicted molar refractivity (Wildman–Crippen MR) is 80.2 cm³/mol.